The van der Waals surface area contributed by atoms with Crippen molar-refractivity contribution in [2.24, 2.45) is 0 Å². The number of esters is 2. The summed E-state index contributed by atoms with van der Waals surface area (Å²) >= 11 is 0. The van der Waals surface area contributed by atoms with E-state index in [1.807, 2.05) is 21.1 Å². The number of hydrogen-bond donors (Lipinski definition) is 0. The molecule has 0 heterocycles. The van der Waals surface area contributed by atoms with E-state index in [2.05, 4.69) is 148 Å². The van der Waals surface area contributed by atoms with Crippen molar-refractivity contribution >= 4 is 19.8 Å². The molecule has 0 aliphatic carbocycles. The summed E-state index contributed by atoms with van der Waals surface area (Å²) < 4.78 is 34.3. The zero-order valence-corrected chi connectivity index (χ0v) is 58.3. The second-order valence-electron chi connectivity index (χ2n) is 24.8. The van der Waals surface area contributed by atoms with E-state index in [9.17, 15) is 19.0 Å². The average molecular weight is 1240 g/mol. The first kappa shape index (κ1) is 84.2. The van der Waals surface area contributed by atoms with Gasteiger partial charge in [0.25, 0.3) is 7.82 Å². The maximum Gasteiger partial charge on any atom is 0.306 e. The van der Waals surface area contributed by atoms with Crippen LogP contribution in [-0.4, -0.2) is 70.0 Å². The van der Waals surface area contributed by atoms with Crippen LogP contribution in [0.15, 0.2) is 134 Å². The van der Waals surface area contributed by atoms with Gasteiger partial charge in [-0.3, -0.25) is 14.2 Å². The van der Waals surface area contributed by atoms with Gasteiger partial charge in [-0.1, -0.05) is 308 Å². The Morgan fingerprint density at radius 3 is 0.909 bits per heavy atom. The second kappa shape index (κ2) is 67.5. The van der Waals surface area contributed by atoms with Crippen molar-refractivity contribution in [3.05, 3.63) is 134 Å². The third kappa shape index (κ3) is 71.2. The van der Waals surface area contributed by atoms with Crippen LogP contribution in [0.1, 0.15) is 296 Å². The Hall–Kier alpha value is -3.85. The molecule has 0 aliphatic rings. The van der Waals surface area contributed by atoms with Gasteiger partial charge < -0.3 is 27.9 Å². The Bertz CT molecular complexity index is 1950. The minimum Gasteiger partial charge on any atom is -0.756 e. The number of ether oxygens (including phenoxy) is 2. The van der Waals surface area contributed by atoms with Gasteiger partial charge in [-0.15, -0.1) is 0 Å². The monoisotopic (exact) mass is 1240 g/mol. The molecule has 0 aromatic carbocycles. The van der Waals surface area contributed by atoms with Gasteiger partial charge in [-0.2, -0.15) is 0 Å². The molecule has 88 heavy (non-hydrogen) atoms. The quantitative estimate of drug-likeness (QED) is 0.0195. The van der Waals surface area contributed by atoms with E-state index in [0.29, 0.717) is 17.4 Å². The van der Waals surface area contributed by atoms with Gasteiger partial charge in [0.1, 0.15) is 19.8 Å². The van der Waals surface area contributed by atoms with Crippen LogP contribution in [0.5, 0.6) is 0 Å². The summed E-state index contributed by atoms with van der Waals surface area (Å²) in [4.78, 5) is 38.1. The molecule has 0 spiro atoms. The van der Waals surface area contributed by atoms with Crippen molar-refractivity contribution in [3.8, 4) is 0 Å². The predicted molar refractivity (Wildman–Crippen MR) is 378 cm³/mol. The fourth-order valence-corrected chi connectivity index (χ4v) is 10.5. The highest BCUT2D eigenvalue weighted by Gasteiger charge is 2.22. The van der Waals surface area contributed by atoms with E-state index in [1.165, 1.54) is 141 Å². The Labute approximate surface area is 542 Å². The van der Waals surface area contributed by atoms with Crippen LogP contribution in [0, 0.1) is 0 Å². The summed E-state index contributed by atoms with van der Waals surface area (Å²) in [6.45, 7) is 4.00. The lowest BCUT2D eigenvalue weighted by Crippen LogP contribution is -2.37. The fraction of sp³-hybridized carbons (Fsp3) is 0.692. The summed E-state index contributed by atoms with van der Waals surface area (Å²) in [6.07, 6.45) is 98.3. The third-order valence-electron chi connectivity index (χ3n) is 15.2. The molecule has 0 aromatic heterocycles. The van der Waals surface area contributed by atoms with E-state index in [0.717, 1.165) is 122 Å². The SMILES string of the molecule is CC/C=C\C/C=C\C/C=C\C/C=C\C/C=C\C/C=C\C/C=C\CCCCCCCC(=O)OC(COC(=O)CCCCCCCCCCCCCCCCCCCCCCCCCC/C=C\C/C=C\C/C=C\C/C=C\CC)COP(=O)([O-])OCC[N+](C)(C)C. The molecule has 0 rings (SSSR count). The number of carbonyl (C=O) groups is 2. The lowest BCUT2D eigenvalue weighted by atomic mass is 10.0. The Morgan fingerprint density at radius 1 is 0.352 bits per heavy atom. The molecular formula is C78H134NO8P. The molecule has 2 atom stereocenters. The highest BCUT2D eigenvalue weighted by Crippen LogP contribution is 2.38. The molecular weight excluding hydrogens is 1110 g/mol. The second-order valence-corrected chi connectivity index (χ2v) is 26.2. The first-order valence-electron chi connectivity index (χ1n) is 35.9. The van der Waals surface area contributed by atoms with Crippen molar-refractivity contribution in [3.63, 3.8) is 0 Å². The van der Waals surface area contributed by atoms with Gasteiger partial charge in [0, 0.05) is 12.8 Å². The van der Waals surface area contributed by atoms with Crippen molar-refractivity contribution in [2.75, 3.05) is 47.5 Å². The van der Waals surface area contributed by atoms with E-state index in [-0.39, 0.29) is 32.0 Å². The highest BCUT2D eigenvalue weighted by molar-refractivity contribution is 7.45. The average Bonchev–Trinajstić information content (AvgIpc) is 3.60. The van der Waals surface area contributed by atoms with Crippen LogP contribution in [0.3, 0.4) is 0 Å². The van der Waals surface area contributed by atoms with Gasteiger partial charge in [0.2, 0.25) is 0 Å². The molecule has 504 valence electrons. The van der Waals surface area contributed by atoms with Crippen LogP contribution in [-0.2, 0) is 32.7 Å². The van der Waals surface area contributed by atoms with Crippen molar-refractivity contribution in [2.45, 2.75) is 302 Å². The number of hydrogen-bond acceptors (Lipinski definition) is 8. The maximum absolute atomic E-state index is 12.9. The van der Waals surface area contributed by atoms with Gasteiger partial charge >= 0.3 is 11.9 Å². The number of quaternary nitrogens is 1. The van der Waals surface area contributed by atoms with Crippen LogP contribution >= 0.6 is 7.82 Å². The number of phosphoric ester groups is 1. The van der Waals surface area contributed by atoms with Crippen molar-refractivity contribution < 1.29 is 42.1 Å². The molecule has 0 saturated carbocycles. The van der Waals surface area contributed by atoms with Gasteiger partial charge in [0.15, 0.2) is 6.10 Å². The molecule has 9 nitrogen and oxygen atoms in total. The van der Waals surface area contributed by atoms with Crippen molar-refractivity contribution in [1.82, 2.24) is 0 Å². The van der Waals surface area contributed by atoms with Gasteiger partial charge in [-0.25, -0.2) is 0 Å². The minimum atomic E-state index is -4.66. The Morgan fingerprint density at radius 2 is 0.614 bits per heavy atom. The standard InChI is InChI=1S/C78H134NO8P/c1-6-8-10-12-14-16-18-20-22-24-26-28-30-32-34-35-36-37-38-39-40-41-42-43-45-46-48-50-52-54-56-58-60-62-64-66-68-70-77(80)84-74-76(75-86-88(82,83)85-73-72-79(3,4)5)87-78(81)71-69-67-65-63-61-59-57-55-53-51-49-47-44-33-31-29-27-25-23-21-19-17-15-13-11-9-7-2/h8-11,14-17,20-23,26-29,33,44,49,51,55,57,76H,6-7,12-13,18-19,24-25,30-32,34-43,45-48,50,52-54,56,58-75H2,1-5H3/b10-8-,11-9-,16-14-,17-15-,22-20-,23-21-,28-26-,29-27-,44-33-,51-49-,57-55-. The summed E-state index contributed by atoms with van der Waals surface area (Å²) in [5, 5.41) is 0. The van der Waals surface area contributed by atoms with E-state index < -0.39 is 26.5 Å². The number of carbonyl (C=O) groups excluding carboxylic acids is 2. The zero-order valence-electron chi connectivity index (χ0n) is 57.4. The highest BCUT2D eigenvalue weighted by atomic mass is 31.2. The summed E-state index contributed by atoms with van der Waals surface area (Å²) in [5.74, 6) is -0.853. The zero-order chi connectivity index (χ0) is 64.1. The number of likely N-dealkylation sites (N-methyl/N-ethyl adjacent to an activating group) is 1. The summed E-state index contributed by atoms with van der Waals surface area (Å²) in [6, 6.07) is 0. The van der Waals surface area contributed by atoms with Crippen LogP contribution in [0.2, 0.25) is 0 Å². The molecule has 0 radical (unpaired) electrons. The molecule has 0 bridgehead atoms. The largest absolute Gasteiger partial charge is 0.756 e. The lowest BCUT2D eigenvalue weighted by molar-refractivity contribution is -0.870. The molecule has 0 aromatic rings. The summed E-state index contributed by atoms with van der Waals surface area (Å²) in [5.41, 5.74) is 0. The van der Waals surface area contributed by atoms with E-state index in [1.54, 1.807) is 0 Å². The Kier molecular flexibility index (Phi) is 64.6. The van der Waals surface area contributed by atoms with Crippen LogP contribution in [0.25, 0.3) is 0 Å². The van der Waals surface area contributed by atoms with E-state index in [4.69, 9.17) is 18.5 Å². The number of rotatable bonds is 65. The molecule has 10 heteroatoms. The number of allylic oxidation sites excluding steroid dienone is 22. The normalized spacial score (nSPS) is 13.9. The third-order valence-corrected chi connectivity index (χ3v) is 16.1. The minimum absolute atomic E-state index is 0.0400. The first-order valence-corrected chi connectivity index (χ1v) is 37.4. The molecule has 0 N–H and O–H groups in total. The Balaban J connectivity index is 4.03. The number of unbranched alkanes of at least 4 members (excludes halogenated alkanes) is 29. The van der Waals surface area contributed by atoms with Gasteiger partial charge in [0.05, 0.1) is 27.7 Å². The van der Waals surface area contributed by atoms with Crippen LogP contribution in [0.4, 0.5) is 0 Å². The van der Waals surface area contributed by atoms with Crippen LogP contribution < -0.4 is 4.89 Å². The topological polar surface area (TPSA) is 111 Å². The predicted octanol–water partition coefficient (Wildman–Crippen LogP) is 23.0. The number of phosphoric acid groups is 1. The molecule has 0 saturated heterocycles. The van der Waals surface area contributed by atoms with Gasteiger partial charge in [-0.05, 0) is 109 Å². The maximum atomic E-state index is 12.9. The number of nitrogens with zero attached hydrogens (tertiary/aromatic N) is 1. The molecule has 0 fully saturated rings. The molecule has 2 unspecified atom stereocenters. The lowest BCUT2D eigenvalue weighted by Gasteiger charge is -2.28. The van der Waals surface area contributed by atoms with Crippen molar-refractivity contribution in [1.29, 1.82) is 0 Å². The molecule has 0 amide bonds. The summed E-state index contributed by atoms with van der Waals surface area (Å²) in [7, 11) is 1.14. The fourth-order valence-electron chi connectivity index (χ4n) is 9.75. The first-order chi connectivity index (χ1) is 43.0. The smallest absolute Gasteiger partial charge is 0.306 e. The van der Waals surface area contributed by atoms with E-state index >= 15 is 0 Å². The molecule has 0 aliphatic heterocycles.